The fourth-order valence-electron chi connectivity index (χ4n) is 2.18. The molecule has 2 aromatic carbocycles. The van der Waals surface area contributed by atoms with E-state index in [0.717, 1.165) is 11.1 Å². The van der Waals surface area contributed by atoms with Crippen molar-refractivity contribution >= 4 is 17.8 Å². The van der Waals surface area contributed by atoms with E-state index in [-0.39, 0.29) is 31.3 Å². The molecule has 25 heavy (non-hydrogen) atoms. The van der Waals surface area contributed by atoms with Gasteiger partial charge in [0.1, 0.15) is 0 Å². The number of carbonyl (C=O) groups excluding carboxylic acids is 3. The topological polar surface area (TPSA) is 84.5 Å². The largest absolute Gasteiger partial charge is 0.469 e. The van der Waals surface area contributed by atoms with Crippen LogP contribution in [-0.2, 0) is 14.3 Å². The zero-order valence-electron chi connectivity index (χ0n) is 14.0. The lowest BCUT2D eigenvalue weighted by Crippen LogP contribution is -2.37. The average molecular weight is 340 g/mol. The van der Waals surface area contributed by atoms with Crippen molar-refractivity contribution in [3.8, 4) is 11.1 Å². The van der Waals surface area contributed by atoms with E-state index < -0.39 is 5.97 Å². The Hall–Kier alpha value is -3.15. The molecule has 0 bridgehead atoms. The quantitative estimate of drug-likeness (QED) is 0.752. The molecular formula is C19H20N2O4. The molecule has 6 nitrogen and oxygen atoms in total. The third kappa shape index (κ3) is 5.76. The van der Waals surface area contributed by atoms with Gasteiger partial charge in [-0.1, -0.05) is 42.5 Å². The predicted molar refractivity (Wildman–Crippen MR) is 93.9 cm³/mol. The highest BCUT2D eigenvalue weighted by atomic mass is 16.5. The Labute approximate surface area is 146 Å². The summed E-state index contributed by atoms with van der Waals surface area (Å²) in [6.45, 7) is 0.0214. The minimum atomic E-state index is -0.400. The van der Waals surface area contributed by atoms with Crippen LogP contribution in [0, 0.1) is 0 Å². The van der Waals surface area contributed by atoms with Crippen molar-refractivity contribution in [3.63, 3.8) is 0 Å². The maximum absolute atomic E-state index is 12.1. The molecule has 0 aliphatic rings. The lowest BCUT2D eigenvalue weighted by molar-refractivity contribution is -0.140. The van der Waals surface area contributed by atoms with E-state index in [1.807, 2.05) is 42.5 Å². The van der Waals surface area contributed by atoms with Crippen LogP contribution in [-0.4, -0.2) is 38.0 Å². The van der Waals surface area contributed by atoms with E-state index in [0.29, 0.717) is 5.56 Å². The summed E-state index contributed by atoms with van der Waals surface area (Å²) in [5.41, 5.74) is 2.55. The Morgan fingerprint density at radius 2 is 1.52 bits per heavy atom. The van der Waals surface area contributed by atoms with Gasteiger partial charge in [-0.3, -0.25) is 14.4 Å². The van der Waals surface area contributed by atoms with E-state index in [2.05, 4.69) is 15.4 Å². The van der Waals surface area contributed by atoms with Gasteiger partial charge in [0, 0.05) is 12.1 Å². The normalized spacial score (nSPS) is 9.96. The highest BCUT2D eigenvalue weighted by molar-refractivity contribution is 5.96. The van der Waals surface area contributed by atoms with Crippen LogP contribution in [0.15, 0.2) is 54.6 Å². The van der Waals surface area contributed by atoms with Gasteiger partial charge in [0.2, 0.25) is 5.91 Å². The average Bonchev–Trinajstić information content (AvgIpc) is 2.66. The molecule has 2 amide bonds. The first kappa shape index (κ1) is 18.2. The third-order valence-electron chi connectivity index (χ3n) is 3.54. The molecule has 0 spiro atoms. The van der Waals surface area contributed by atoms with E-state index in [1.54, 1.807) is 12.1 Å². The lowest BCUT2D eigenvalue weighted by atomic mass is 10.0. The molecule has 2 rings (SSSR count). The van der Waals surface area contributed by atoms with Gasteiger partial charge in [-0.2, -0.15) is 0 Å². The van der Waals surface area contributed by atoms with E-state index >= 15 is 0 Å². The fourth-order valence-corrected chi connectivity index (χ4v) is 2.18. The van der Waals surface area contributed by atoms with Crippen LogP contribution in [0.25, 0.3) is 11.1 Å². The monoisotopic (exact) mass is 340 g/mol. The van der Waals surface area contributed by atoms with Crippen molar-refractivity contribution in [2.24, 2.45) is 0 Å². The molecule has 0 unspecified atom stereocenters. The standard InChI is InChI=1S/C19H20N2O4/c1-25-18(23)11-12-20-17(22)13-21-19(24)16-9-7-15(8-10-16)14-5-3-2-4-6-14/h2-10H,11-13H2,1H3,(H,20,22)(H,21,24). The Morgan fingerprint density at radius 1 is 0.880 bits per heavy atom. The summed E-state index contributed by atoms with van der Waals surface area (Å²) in [5.74, 6) is -1.09. The molecule has 0 radical (unpaired) electrons. The van der Waals surface area contributed by atoms with Gasteiger partial charge in [0.05, 0.1) is 20.1 Å². The van der Waals surface area contributed by atoms with Crippen LogP contribution in [0.5, 0.6) is 0 Å². The second-order valence-electron chi connectivity index (χ2n) is 5.30. The molecule has 0 aliphatic carbocycles. The Balaban J connectivity index is 1.81. The lowest BCUT2D eigenvalue weighted by Gasteiger charge is -2.07. The summed E-state index contributed by atoms with van der Waals surface area (Å²) in [4.78, 5) is 34.6. The van der Waals surface area contributed by atoms with Gasteiger partial charge < -0.3 is 15.4 Å². The van der Waals surface area contributed by atoms with Crippen LogP contribution in [0.4, 0.5) is 0 Å². The summed E-state index contributed by atoms with van der Waals surface area (Å²) < 4.78 is 4.47. The van der Waals surface area contributed by atoms with Gasteiger partial charge in [-0.05, 0) is 23.3 Å². The van der Waals surface area contributed by atoms with E-state index in [1.165, 1.54) is 7.11 Å². The Bertz CT molecular complexity index is 727. The van der Waals surface area contributed by atoms with Crippen LogP contribution in [0.3, 0.4) is 0 Å². The van der Waals surface area contributed by atoms with Gasteiger partial charge in [-0.15, -0.1) is 0 Å². The Kier molecular flexibility index (Phi) is 6.71. The molecule has 0 atom stereocenters. The van der Waals surface area contributed by atoms with Crippen molar-refractivity contribution < 1.29 is 19.1 Å². The molecule has 0 saturated carbocycles. The molecule has 130 valence electrons. The summed E-state index contributed by atoms with van der Waals surface area (Å²) in [5, 5.41) is 5.07. The first-order chi connectivity index (χ1) is 12.1. The minimum absolute atomic E-state index is 0.0944. The maximum atomic E-state index is 12.1. The molecule has 0 aromatic heterocycles. The zero-order valence-corrected chi connectivity index (χ0v) is 14.0. The molecule has 2 N–H and O–H groups in total. The summed E-state index contributed by atoms with van der Waals surface area (Å²) in [6, 6.07) is 17.0. The molecule has 2 aromatic rings. The number of rotatable bonds is 7. The van der Waals surface area contributed by atoms with Crippen molar-refractivity contribution in [2.45, 2.75) is 6.42 Å². The fraction of sp³-hybridized carbons (Fsp3) is 0.211. The predicted octanol–water partition coefficient (Wildman–Crippen LogP) is 1.76. The van der Waals surface area contributed by atoms with Crippen LogP contribution in [0.1, 0.15) is 16.8 Å². The molecule has 0 saturated heterocycles. The van der Waals surface area contributed by atoms with E-state index in [9.17, 15) is 14.4 Å². The van der Waals surface area contributed by atoms with Gasteiger partial charge in [0.15, 0.2) is 0 Å². The van der Waals surface area contributed by atoms with Gasteiger partial charge in [0.25, 0.3) is 5.91 Å². The second-order valence-corrected chi connectivity index (χ2v) is 5.30. The van der Waals surface area contributed by atoms with E-state index in [4.69, 9.17) is 0 Å². The summed E-state index contributed by atoms with van der Waals surface area (Å²) >= 11 is 0. The number of carbonyl (C=O) groups is 3. The Morgan fingerprint density at radius 3 is 2.16 bits per heavy atom. The number of ether oxygens (including phenoxy) is 1. The van der Waals surface area contributed by atoms with Crippen LogP contribution in [0.2, 0.25) is 0 Å². The first-order valence-corrected chi connectivity index (χ1v) is 7.87. The smallest absolute Gasteiger partial charge is 0.307 e. The number of nitrogens with one attached hydrogen (secondary N) is 2. The molecule has 0 heterocycles. The number of benzene rings is 2. The van der Waals surface area contributed by atoms with Crippen LogP contribution < -0.4 is 10.6 Å². The van der Waals surface area contributed by atoms with Gasteiger partial charge in [-0.25, -0.2) is 0 Å². The minimum Gasteiger partial charge on any atom is -0.469 e. The van der Waals surface area contributed by atoms with Crippen molar-refractivity contribution in [1.82, 2.24) is 10.6 Å². The molecule has 6 heteroatoms. The van der Waals surface area contributed by atoms with Crippen LogP contribution >= 0.6 is 0 Å². The number of amides is 2. The maximum Gasteiger partial charge on any atom is 0.307 e. The van der Waals surface area contributed by atoms with Gasteiger partial charge >= 0.3 is 5.97 Å². The highest BCUT2D eigenvalue weighted by Gasteiger charge is 2.09. The van der Waals surface area contributed by atoms with Crippen molar-refractivity contribution in [3.05, 3.63) is 60.2 Å². The summed E-state index contributed by atoms with van der Waals surface area (Å²) in [7, 11) is 1.29. The number of hydrogen-bond donors (Lipinski definition) is 2. The molecule has 0 aliphatic heterocycles. The zero-order chi connectivity index (χ0) is 18.1. The number of hydrogen-bond acceptors (Lipinski definition) is 4. The SMILES string of the molecule is COC(=O)CCNC(=O)CNC(=O)c1ccc(-c2ccccc2)cc1. The summed E-state index contributed by atoms with van der Waals surface area (Å²) in [6.07, 6.45) is 0.0944. The number of esters is 1. The highest BCUT2D eigenvalue weighted by Crippen LogP contribution is 2.19. The molecule has 0 fully saturated rings. The first-order valence-electron chi connectivity index (χ1n) is 7.87. The second kappa shape index (κ2) is 9.22. The van der Waals surface area contributed by atoms with Crippen molar-refractivity contribution in [2.75, 3.05) is 20.2 Å². The van der Waals surface area contributed by atoms with Crippen molar-refractivity contribution in [1.29, 1.82) is 0 Å². The number of methoxy groups -OCH3 is 1. The molecular weight excluding hydrogens is 320 g/mol. The third-order valence-corrected chi connectivity index (χ3v) is 3.54.